The fraction of sp³-hybridized carbons (Fsp3) is 0.438. The summed E-state index contributed by atoms with van der Waals surface area (Å²) in [6.07, 6.45) is 0.392. The van der Waals surface area contributed by atoms with Gasteiger partial charge in [0.1, 0.15) is 6.04 Å². The van der Waals surface area contributed by atoms with Crippen molar-refractivity contribution in [3.8, 4) is 0 Å². The number of hydrogen-bond donors (Lipinski definition) is 2. The first-order chi connectivity index (χ1) is 11.6. The van der Waals surface area contributed by atoms with Gasteiger partial charge < -0.3 is 20.5 Å². The Morgan fingerprint density at radius 3 is 2.44 bits per heavy atom. The molecule has 0 radical (unpaired) electrons. The molecule has 7 nitrogen and oxygen atoms in total. The number of benzene rings is 1. The first kappa shape index (κ1) is 21.1. The molecular weight excluding hydrogens is 371 g/mol. The van der Waals surface area contributed by atoms with Gasteiger partial charge in [-0.2, -0.15) is 0 Å². The van der Waals surface area contributed by atoms with E-state index in [0.29, 0.717) is 6.42 Å². The second-order valence-corrected chi connectivity index (χ2v) is 6.54. The van der Waals surface area contributed by atoms with Gasteiger partial charge in [-0.15, -0.1) is 0 Å². The Labute approximate surface area is 155 Å². The fourth-order valence-electron chi connectivity index (χ4n) is 2.03. The smallest absolute Gasteiger partial charge is 0.340 e. The zero-order valence-electron chi connectivity index (χ0n) is 14.1. The summed E-state index contributed by atoms with van der Waals surface area (Å²) in [4.78, 5) is 35.6. The molecule has 138 valence electrons. The third-order valence-electron chi connectivity index (χ3n) is 3.18. The van der Waals surface area contributed by atoms with Gasteiger partial charge in [0, 0.05) is 5.02 Å². The summed E-state index contributed by atoms with van der Waals surface area (Å²) in [6.45, 7) is 3.20. The lowest BCUT2D eigenvalue weighted by Gasteiger charge is -2.18. The molecule has 0 saturated carbocycles. The summed E-state index contributed by atoms with van der Waals surface area (Å²) in [7, 11) is 1.23. The van der Waals surface area contributed by atoms with E-state index in [9.17, 15) is 14.4 Å². The number of esters is 2. The van der Waals surface area contributed by atoms with Crippen LogP contribution in [-0.4, -0.2) is 37.6 Å². The predicted molar refractivity (Wildman–Crippen MR) is 94.6 cm³/mol. The molecule has 1 rings (SSSR count). The molecule has 25 heavy (non-hydrogen) atoms. The maximum absolute atomic E-state index is 12.0. The highest BCUT2D eigenvalue weighted by atomic mass is 35.5. The van der Waals surface area contributed by atoms with Crippen LogP contribution in [0, 0.1) is 5.92 Å². The molecule has 0 aliphatic carbocycles. The molecule has 1 aromatic rings. The summed E-state index contributed by atoms with van der Waals surface area (Å²) >= 11 is 11.7. The van der Waals surface area contributed by atoms with Gasteiger partial charge in [-0.05, 0) is 24.5 Å². The van der Waals surface area contributed by atoms with Crippen LogP contribution in [0.15, 0.2) is 12.1 Å². The van der Waals surface area contributed by atoms with E-state index in [-0.39, 0.29) is 27.2 Å². The summed E-state index contributed by atoms with van der Waals surface area (Å²) in [5.74, 6) is -1.91. The van der Waals surface area contributed by atoms with E-state index >= 15 is 0 Å². The van der Waals surface area contributed by atoms with Gasteiger partial charge in [0.25, 0.3) is 5.91 Å². The number of ether oxygens (including phenoxy) is 2. The average molecular weight is 391 g/mol. The molecule has 3 N–H and O–H groups in total. The Balaban J connectivity index is 2.69. The van der Waals surface area contributed by atoms with Gasteiger partial charge in [0.2, 0.25) is 0 Å². The topological polar surface area (TPSA) is 108 Å². The number of nitrogens with one attached hydrogen (secondary N) is 1. The van der Waals surface area contributed by atoms with Crippen molar-refractivity contribution >= 4 is 46.7 Å². The number of nitrogen functional groups attached to an aromatic ring is 1. The Kier molecular flexibility index (Phi) is 7.99. The largest absolute Gasteiger partial charge is 0.467 e. The Hall–Kier alpha value is -1.99. The van der Waals surface area contributed by atoms with Crippen LogP contribution >= 0.6 is 23.2 Å². The van der Waals surface area contributed by atoms with Crippen molar-refractivity contribution in [2.75, 3.05) is 19.5 Å². The van der Waals surface area contributed by atoms with E-state index in [2.05, 4.69) is 10.1 Å². The monoisotopic (exact) mass is 390 g/mol. The van der Waals surface area contributed by atoms with E-state index in [1.54, 1.807) is 0 Å². The van der Waals surface area contributed by atoms with E-state index in [4.69, 9.17) is 33.7 Å². The van der Waals surface area contributed by atoms with Gasteiger partial charge in [-0.3, -0.25) is 4.79 Å². The summed E-state index contributed by atoms with van der Waals surface area (Å²) in [6, 6.07) is 1.86. The van der Waals surface area contributed by atoms with Crippen molar-refractivity contribution in [1.29, 1.82) is 0 Å². The van der Waals surface area contributed by atoms with Crippen LogP contribution in [0.4, 0.5) is 5.69 Å². The van der Waals surface area contributed by atoms with E-state index in [1.807, 2.05) is 13.8 Å². The van der Waals surface area contributed by atoms with Gasteiger partial charge >= 0.3 is 11.9 Å². The van der Waals surface area contributed by atoms with Crippen LogP contribution in [0.25, 0.3) is 0 Å². The van der Waals surface area contributed by atoms with Crippen molar-refractivity contribution in [3.63, 3.8) is 0 Å². The predicted octanol–water partition coefficient (Wildman–Crippen LogP) is 2.44. The minimum atomic E-state index is -0.851. The second kappa shape index (κ2) is 9.48. The third kappa shape index (κ3) is 6.43. The highest BCUT2D eigenvalue weighted by Gasteiger charge is 2.23. The molecule has 0 bridgehead atoms. The molecule has 0 spiro atoms. The Bertz CT molecular complexity index is 664. The fourth-order valence-corrected chi connectivity index (χ4v) is 2.52. The molecule has 1 amide bonds. The normalized spacial score (nSPS) is 11.8. The third-order valence-corrected chi connectivity index (χ3v) is 3.71. The number of halogens is 2. The molecule has 0 aromatic heterocycles. The molecule has 0 saturated heterocycles. The van der Waals surface area contributed by atoms with Crippen molar-refractivity contribution < 1.29 is 23.9 Å². The maximum atomic E-state index is 12.0. The number of amides is 1. The van der Waals surface area contributed by atoms with Gasteiger partial charge in [-0.1, -0.05) is 37.0 Å². The van der Waals surface area contributed by atoms with Gasteiger partial charge in [0.15, 0.2) is 6.61 Å². The first-order valence-corrected chi connectivity index (χ1v) is 8.20. The maximum Gasteiger partial charge on any atom is 0.340 e. The van der Waals surface area contributed by atoms with Crippen LogP contribution in [-0.2, 0) is 19.1 Å². The molecule has 1 aromatic carbocycles. The van der Waals surface area contributed by atoms with Crippen LogP contribution in [0.2, 0.25) is 10.0 Å². The Morgan fingerprint density at radius 1 is 1.24 bits per heavy atom. The molecule has 1 atom stereocenters. The summed E-state index contributed by atoms with van der Waals surface area (Å²) < 4.78 is 9.54. The molecule has 0 heterocycles. The van der Waals surface area contributed by atoms with Crippen molar-refractivity contribution in [2.24, 2.45) is 5.92 Å². The number of carbonyl (C=O) groups excluding carboxylic acids is 3. The first-order valence-electron chi connectivity index (χ1n) is 7.44. The van der Waals surface area contributed by atoms with Crippen LogP contribution in [0.3, 0.4) is 0 Å². The summed E-state index contributed by atoms with van der Waals surface area (Å²) in [5.41, 5.74) is 5.66. The number of hydrogen-bond acceptors (Lipinski definition) is 6. The van der Waals surface area contributed by atoms with E-state index in [0.717, 1.165) is 0 Å². The SMILES string of the molecule is COC(=O)[C@@H](CC(C)C)NC(=O)COC(=O)c1cc(Cl)cc(Cl)c1N. The number of methoxy groups -OCH3 is 1. The van der Waals surface area contributed by atoms with Crippen LogP contribution in [0.1, 0.15) is 30.6 Å². The minimum absolute atomic E-state index is 0.00344. The highest BCUT2D eigenvalue weighted by Crippen LogP contribution is 2.28. The number of carbonyl (C=O) groups is 3. The van der Waals surface area contributed by atoms with Gasteiger partial charge in [0.05, 0.1) is 23.4 Å². The van der Waals surface area contributed by atoms with Gasteiger partial charge in [-0.25, -0.2) is 9.59 Å². The molecule has 0 unspecified atom stereocenters. The molecule has 9 heteroatoms. The molecule has 0 aliphatic heterocycles. The molecule has 0 aliphatic rings. The van der Waals surface area contributed by atoms with Crippen LogP contribution < -0.4 is 11.1 Å². The average Bonchev–Trinajstić information content (AvgIpc) is 2.54. The van der Waals surface area contributed by atoms with Crippen molar-refractivity contribution in [3.05, 3.63) is 27.7 Å². The number of anilines is 1. The van der Waals surface area contributed by atoms with Crippen LogP contribution in [0.5, 0.6) is 0 Å². The summed E-state index contributed by atoms with van der Waals surface area (Å²) in [5, 5.41) is 2.78. The lowest BCUT2D eigenvalue weighted by atomic mass is 10.0. The zero-order valence-corrected chi connectivity index (χ0v) is 15.6. The number of nitrogens with two attached hydrogens (primary N) is 1. The minimum Gasteiger partial charge on any atom is -0.467 e. The standard InChI is InChI=1S/C16H20Cl2N2O5/c1-8(2)4-12(16(23)24-3)20-13(21)7-25-15(22)10-5-9(17)6-11(18)14(10)19/h5-6,8,12H,4,7,19H2,1-3H3,(H,20,21)/t12-/m1/s1. The number of rotatable bonds is 7. The lowest BCUT2D eigenvalue weighted by molar-refractivity contribution is -0.145. The zero-order chi connectivity index (χ0) is 19.1. The Morgan fingerprint density at radius 2 is 1.88 bits per heavy atom. The van der Waals surface area contributed by atoms with E-state index in [1.165, 1.54) is 19.2 Å². The lowest BCUT2D eigenvalue weighted by Crippen LogP contribution is -2.44. The second-order valence-electron chi connectivity index (χ2n) is 5.70. The van der Waals surface area contributed by atoms with Crippen molar-refractivity contribution in [2.45, 2.75) is 26.3 Å². The molecular formula is C16H20Cl2N2O5. The quantitative estimate of drug-likeness (QED) is 0.546. The highest BCUT2D eigenvalue weighted by molar-refractivity contribution is 6.37. The molecule has 0 fully saturated rings. The van der Waals surface area contributed by atoms with Crippen molar-refractivity contribution in [1.82, 2.24) is 5.32 Å². The van der Waals surface area contributed by atoms with E-state index < -0.39 is 30.5 Å².